The molecular weight excluding hydrogens is 444 g/mol. The van der Waals surface area contributed by atoms with Crippen LogP contribution in [0.1, 0.15) is 36.5 Å². The van der Waals surface area contributed by atoms with Gasteiger partial charge in [0.1, 0.15) is 5.75 Å². The highest BCUT2D eigenvalue weighted by atomic mass is 35.5. The molecule has 1 amide bonds. The van der Waals surface area contributed by atoms with Gasteiger partial charge in [-0.15, -0.1) is 0 Å². The zero-order valence-electron chi connectivity index (χ0n) is 16.9. The number of carbonyl (C=O) groups excluding carboxylic acids is 2. The lowest BCUT2D eigenvalue weighted by Crippen LogP contribution is -2.35. The molecule has 166 valence electrons. The molecule has 2 N–H and O–H groups in total. The molecule has 1 atom stereocenters. The predicted octanol–water partition coefficient (Wildman–Crippen LogP) is 3.40. The Labute approximate surface area is 185 Å². The number of halogens is 1. The number of nitrogens with zero attached hydrogens (tertiary/aromatic N) is 1. The molecule has 10 heteroatoms. The maximum Gasteiger partial charge on any atom is 0.339 e. The van der Waals surface area contributed by atoms with E-state index in [4.69, 9.17) is 16.3 Å². The van der Waals surface area contributed by atoms with Crippen molar-refractivity contribution in [1.29, 1.82) is 0 Å². The van der Waals surface area contributed by atoms with Gasteiger partial charge in [0, 0.05) is 13.1 Å². The van der Waals surface area contributed by atoms with E-state index in [9.17, 15) is 23.1 Å². The number of phenolic OH excluding ortho intramolecular Hbond substituents is 1. The highest BCUT2D eigenvalue weighted by Gasteiger charge is 2.27. The Morgan fingerprint density at radius 2 is 1.84 bits per heavy atom. The van der Waals surface area contributed by atoms with Crippen LogP contribution in [0.4, 0.5) is 5.69 Å². The van der Waals surface area contributed by atoms with Gasteiger partial charge in [-0.05, 0) is 56.2 Å². The summed E-state index contributed by atoms with van der Waals surface area (Å²) in [6.45, 7) is 2.28. The molecule has 31 heavy (non-hydrogen) atoms. The van der Waals surface area contributed by atoms with Crippen molar-refractivity contribution >= 4 is 39.2 Å². The molecule has 2 aromatic rings. The summed E-state index contributed by atoms with van der Waals surface area (Å²) in [5.74, 6) is -1.57. The molecule has 0 radical (unpaired) electrons. The Morgan fingerprint density at radius 1 is 1.13 bits per heavy atom. The Bertz CT molecular complexity index is 1080. The number of sulfonamides is 1. The fourth-order valence-electron chi connectivity index (χ4n) is 3.16. The van der Waals surface area contributed by atoms with Crippen molar-refractivity contribution < 1.29 is 27.9 Å². The number of rotatable bonds is 6. The topological polar surface area (TPSA) is 113 Å². The van der Waals surface area contributed by atoms with Crippen LogP contribution < -0.4 is 5.32 Å². The van der Waals surface area contributed by atoms with Gasteiger partial charge in [0.25, 0.3) is 5.91 Å². The number of aromatic hydroxyl groups is 1. The predicted molar refractivity (Wildman–Crippen MR) is 116 cm³/mol. The van der Waals surface area contributed by atoms with Crippen LogP contribution in [0.3, 0.4) is 0 Å². The number of hydrogen-bond acceptors (Lipinski definition) is 6. The molecule has 1 aliphatic rings. The third-order valence-electron chi connectivity index (χ3n) is 4.88. The van der Waals surface area contributed by atoms with Crippen molar-refractivity contribution in [1.82, 2.24) is 4.31 Å². The van der Waals surface area contributed by atoms with Crippen molar-refractivity contribution in [3.8, 4) is 5.75 Å². The van der Waals surface area contributed by atoms with Crippen LogP contribution in [0.25, 0.3) is 0 Å². The minimum atomic E-state index is -3.70. The maximum atomic E-state index is 12.9. The molecule has 8 nitrogen and oxygen atoms in total. The lowest BCUT2D eigenvalue weighted by Gasteiger charge is -2.26. The van der Waals surface area contributed by atoms with Crippen LogP contribution in [0.15, 0.2) is 47.4 Å². The van der Waals surface area contributed by atoms with Crippen molar-refractivity contribution in [3.05, 3.63) is 53.1 Å². The van der Waals surface area contributed by atoms with E-state index in [1.165, 1.54) is 53.7 Å². The number of hydrogen-bond donors (Lipinski definition) is 2. The third kappa shape index (κ3) is 5.55. The summed E-state index contributed by atoms with van der Waals surface area (Å²) in [4.78, 5) is 24.7. The van der Waals surface area contributed by atoms with Crippen LogP contribution in [-0.4, -0.2) is 48.9 Å². The zero-order valence-corrected chi connectivity index (χ0v) is 18.4. The highest BCUT2D eigenvalue weighted by Crippen LogP contribution is 2.28. The molecule has 1 aliphatic heterocycles. The number of benzene rings is 2. The zero-order chi connectivity index (χ0) is 22.6. The van der Waals surface area contributed by atoms with Crippen LogP contribution in [-0.2, 0) is 19.6 Å². The summed E-state index contributed by atoms with van der Waals surface area (Å²) in [6.07, 6.45) is 1.41. The van der Waals surface area contributed by atoms with E-state index in [1.54, 1.807) is 0 Å². The number of nitrogens with one attached hydrogen (secondary N) is 1. The summed E-state index contributed by atoms with van der Waals surface area (Å²) in [6, 6.07) is 9.64. The van der Waals surface area contributed by atoms with Crippen molar-refractivity contribution in [2.24, 2.45) is 0 Å². The average molecular weight is 467 g/mol. The first-order valence-corrected chi connectivity index (χ1v) is 11.6. The SMILES string of the molecule is CC(OC(=O)c1cccc(O)c1)C(=O)Nc1cc(S(=O)(=O)N2CCCCC2)ccc1Cl. The van der Waals surface area contributed by atoms with Gasteiger partial charge in [-0.25, -0.2) is 13.2 Å². The van der Waals surface area contributed by atoms with Crippen LogP contribution >= 0.6 is 11.6 Å². The minimum Gasteiger partial charge on any atom is -0.508 e. The normalized spacial score (nSPS) is 15.8. The van der Waals surface area contributed by atoms with Gasteiger partial charge in [-0.2, -0.15) is 4.31 Å². The van der Waals surface area contributed by atoms with Gasteiger partial charge >= 0.3 is 5.97 Å². The molecule has 1 saturated heterocycles. The first-order chi connectivity index (χ1) is 14.7. The molecule has 1 unspecified atom stereocenters. The largest absolute Gasteiger partial charge is 0.508 e. The summed E-state index contributed by atoms with van der Waals surface area (Å²) >= 11 is 6.14. The first kappa shape index (κ1) is 23.1. The molecule has 0 spiro atoms. The average Bonchev–Trinajstić information content (AvgIpc) is 2.75. The number of ether oxygens (including phenoxy) is 1. The van der Waals surface area contributed by atoms with E-state index < -0.39 is 28.0 Å². The Morgan fingerprint density at radius 3 is 2.52 bits per heavy atom. The standard InChI is InChI=1S/C21H23ClN2O6S/c1-14(30-21(27)15-6-5-7-16(25)12-15)20(26)23-19-13-17(8-9-18(19)22)31(28,29)24-10-3-2-4-11-24/h5-9,12-14,25H,2-4,10-11H2,1H3,(H,23,26). The number of piperidine rings is 1. The van der Waals surface area contributed by atoms with E-state index >= 15 is 0 Å². The van der Waals surface area contributed by atoms with E-state index in [2.05, 4.69) is 5.32 Å². The Balaban J connectivity index is 1.72. The molecule has 1 fully saturated rings. The monoisotopic (exact) mass is 466 g/mol. The Kier molecular flexibility index (Phi) is 7.19. The molecule has 0 bridgehead atoms. The summed E-state index contributed by atoms with van der Waals surface area (Å²) in [5.41, 5.74) is 0.192. The van der Waals surface area contributed by atoms with Gasteiger partial charge in [0.15, 0.2) is 6.10 Å². The van der Waals surface area contributed by atoms with Crippen molar-refractivity contribution in [2.45, 2.75) is 37.2 Å². The van der Waals surface area contributed by atoms with E-state index in [0.29, 0.717) is 13.1 Å². The summed E-state index contributed by atoms with van der Waals surface area (Å²) in [5, 5.41) is 12.1. The number of carbonyl (C=O) groups is 2. The third-order valence-corrected chi connectivity index (χ3v) is 7.11. The maximum absolute atomic E-state index is 12.9. The number of phenols is 1. The second kappa shape index (κ2) is 9.67. The van der Waals surface area contributed by atoms with Gasteiger partial charge in [0.2, 0.25) is 10.0 Å². The first-order valence-electron chi connectivity index (χ1n) is 9.79. The fourth-order valence-corrected chi connectivity index (χ4v) is 4.87. The second-order valence-electron chi connectivity index (χ2n) is 7.19. The smallest absolute Gasteiger partial charge is 0.339 e. The van der Waals surface area contributed by atoms with E-state index in [-0.39, 0.29) is 26.9 Å². The minimum absolute atomic E-state index is 0.0264. The summed E-state index contributed by atoms with van der Waals surface area (Å²) < 4.78 is 32.3. The fraction of sp³-hybridized carbons (Fsp3) is 0.333. The van der Waals surface area contributed by atoms with Crippen LogP contribution in [0, 0.1) is 0 Å². The molecule has 0 aliphatic carbocycles. The lowest BCUT2D eigenvalue weighted by atomic mass is 10.2. The van der Waals surface area contributed by atoms with Crippen LogP contribution in [0.5, 0.6) is 5.75 Å². The molecular formula is C21H23ClN2O6S. The van der Waals surface area contributed by atoms with Gasteiger partial charge in [-0.3, -0.25) is 4.79 Å². The van der Waals surface area contributed by atoms with Gasteiger partial charge in [0.05, 0.1) is 21.2 Å². The summed E-state index contributed by atoms with van der Waals surface area (Å²) in [7, 11) is -3.70. The van der Waals surface area contributed by atoms with E-state index in [1.807, 2.05) is 0 Å². The number of amides is 1. The van der Waals surface area contributed by atoms with Gasteiger partial charge < -0.3 is 15.2 Å². The molecule has 0 aromatic heterocycles. The highest BCUT2D eigenvalue weighted by molar-refractivity contribution is 7.89. The lowest BCUT2D eigenvalue weighted by molar-refractivity contribution is -0.123. The molecule has 2 aromatic carbocycles. The molecule has 0 saturated carbocycles. The van der Waals surface area contributed by atoms with E-state index in [0.717, 1.165) is 19.3 Å². The number of esters is 1. The van der Waals surface area contributed by atoms with Crippen molar-refractivity contribution in [2.75, 3.05) is 18.4 Å². The van der Waals surface area contributed by atoms with Gasteiger partial charge in [-0.1, -0.05) is 24.1 Å². The second-order valence-corrected chi connectivity index (χ2v) is 9.54. The quantitative estimate of drug-likeness (QED) is 0.631. The van der Waals surface area contributed by atoms with Crippen LogP contribution in [0.2, 0.25) is 5.02 Å². The Hall–Kier alpha value is -2.62. The molecule has 3 rings (SSSR count). The number of anilines is 1. The molecule has 1 heterocycles. The van der Waals surface area contributed by atoms with Crippen molar-refractivity contribution in [3.63, 3.8) is 0 Å².